The lowest BCUT2D eigenvalue weighted by atomic mass is 10.2. The van der Waals surface area contributed by atoms with Crippen molar-refractivity contribution in [1.82, 2.24) is 23.8 Å². The minimum atomic E-state index is -0.163. The number of aromatic nitrogens is 4. The molecule has 0 saturated carbocycles. The lowest BCUT2D eigenvalue weighted by Gasteiger charge is -2.18. The Kier molecular flexibility index (Phi) is 4.43. The van der Waals surface area contributed by atoms with Gasteiger partial charge in [0.2, 0.25) is 5.91 Å². The Morgan fingerprint density at radius 2 is 1.85 bits per heavy atom. The van der Waals surface area contributed by atoms with Crippen LogP contribution in [-0.2, 0) is 31.0 Å². The van der Waals surface area contributed by atoms with E-state index in [1.807, 2.05) is 34.1 Å². The van der Waals surface area contributed by atoms with E-state index in [9.17, 15) is 9.59 Å². The molecule has 0 atom stereocenters. The summed E-state index contributed by atoms with van der Waals surface area (Å²) >= 11 is 0. The lowest BCUT2D eigenvalue weighted by molar-refractivity contribution is -0.132. The van der Waals surface area contributed by atoms with Crippen molar-refractivity contribution in [1.29, 1.82) is 0 Å². The number of carbonyl (C=O) groups is 1. The summed E-state index contributed by atoms with van der Waals surface area (Å²) in [5, 5.41) is 4.80. The van der Waals surface area contributed by atoms with Crippen molar-refractivity contribution < 1.29 is 4.79 Å². The van der Waals surface area contributed by atoms with Crippen LogP contribution in [0.5, 0.6) is 0 Å². The maximum absolute atomic E-state index is 12.8. The molecule has 7 heteroatoms. The van der Waals surface area contributed by atoms with E-state index in [2.05, 4.69) is 18.4 Å². The summed E-state index contributed by atoms with van der Waals surface area (Å²) in [4.78, 5) is 26.5. The van der Waals surface area contributed by atoms with Crippen molar-refractivity contribution in [2.45, 2.75) is 46.1 Å². The maximum atomic E-state index is 12.8. The van der Waals surface area contributed by atoms with Gasteiger partial charge in [0, 0.05) is 42.8 Å². The van der Waals surface area contributed by atoms with Crippen LogP contribution in [0.15, 0.2) is 53.7 Å². The summed E-state index contributed by atoms with van der Waals surface area (Å²) in [6, 6.07) is 9.13. The summed E-state index contributed by atoms with van der Waals surface area (Å²) in [7, 11) is 0. The summed E-state index contributed by atoms with van der Waals surface area (Å²) in [5.74, 6) is -0.0540. The molecule has 1 aliphatic rings. The van der Waals surface area contributed by atoms with Gasteiger partial charge < -0.3 is 14.0 Å². The van der Waals surface area contributed by atoms with Crippen LogP contribution in [0.3, 0.4) is 0 Å². The number of pyridine rings is 1. The second-order valence-electron chi connectivity index (χ2n) is 7.18. The Balaban J connectivity index is 1.57. The second kappa shape index (κ2) is 6.90. The van der Waals surface area contributed by atoms with E-state index in [1.54, 1.807) is 18.3 Å². The minimum Gasteiger partial charge on any atom is -0.348 e. The first-order chi connectivity index (χ1) is 13.0. The summed E-state index contributed by atoms with van der Waals surface area (Å²) < 4.78 is 5.55. The molecule has 27 heavy (non-hydrogen) atoms. The molecule has 4 heterocycles. The predicted molar refractivity (Wildman–Crippen MR) is 101 cm³/mol. The van der Waals surface area contributed by atoms with E-state index in [1.165, 1.54) is 10.6 Å². The van der Waals surface area contributed by atoms with Crippen LogP contribution in [0.2, 0.25) is 0 Å². The SMILES string of the molecule is CC(C)n1nc(Cn2cccc2)c2c1CN(C(=O)Cn1ccccc1=O)C2. The summed E-state index contributed by atoms with van der Waals surface area (Å²) in [6.45, 7) is 6.02. The Bertz CT molecular complexity index is 1010. The highest BCUT2D eigenvalue weighted by atomic mass is 16.2. The van der Waals surface area contributed by atoms with Gasteiger partial charge in [-0.3, -0.25) is 14.3 Å². The third kappa shape index (κ3) is 3.32. The van der Waals surface area contributed by atoms with Crippen LogP contribution in [0.4, 0.5) is 0 Å². The molecule has 0 aromatic carbocycles. The van der Waals surface area contributed by atoms with Crippen molar-refractivity contribution in [3.05, 3.63) is 76.2 Å². The first-order valence-corrected chi connectivity index (χ1v) is 9.16. The molecular weight excluding hydrogens is 342 g/mol. The average Bonchev–Trinajstić information content (AvgIpc) is 3.35. The van der Waals surface area contributed by atoms with E-state index in [0.29, 0.717) is 19.6 Å². The topological polar surface area (TPSA) is 65.1 Å². The van der Waals surface area contributed by atoms with Gasteiger partial charge in [0.25, 0.3) is 5.56 Å². The Morgan fingerprint density at radius 3 is 2.56 bits per heavy atom. The fourth-order valence-electron chi connectivity index (χ4n) is 3.55. The first-order valence-electron chi connectivity index (χ1n) is 9.16. The van der Waals surface area contributed by atoms with Crippen LogP contribution >= 0.6 is 0 Å². The van der Waals surface area contributed by atoms with E-state index < -0.39 is 0 Å². The quantitative estimate of drug-likeness (QED) is 0.695. The normalized spacial score (nSPS) is 13.4. The van der Waals surface area contributed by atoms with Crippen LogP contribution < -0.4 is 5.56 Å². The van der Waals surface area contributed by atoms with Crippen LogP contribution in [-0.4, -0.2) is 29.7 Å². The molecule has 0 radical (unpaired) electrons. The lowest BCUT2D eigenvalue weighted by Crippen LogP contribution is -2.33. The number of nitrogens with zero attached hydrogens (tertiary/aromatic N) is 5. The summed E-state index contributed by atoms with van der Waals surface area (Å²) in [5.41, 5.74) is 3.07. The zero-order valence-electron chi connectivity index (χ0n) is 15.6. The Morgan fingerprint density at radius 1 is 1.11 bits per heavy atom. The van der Waals surface area contributed by atoms with Crippen molar-refractivity contribution >= 4 is 5.91 Å². The smallest absolute Gasteiger partial charge is 0.250 e. The molecule has 1 aliphatic heterocycles. The largest absolute Gasteiger partial charge is 0.348 e. The van der Waals surface area contributed by atoms with E-state index in [4.69, 9.17) is 5.10 Å². The fraction of sp³-hybridized carbons (Fsp3) is 0.350. The first kappa shape index (κ1) is 17.3. The van der Waals surface area contributed by atoms with Crippen molar-refractivity contribution in [2.24, 2.45) is 0 Å². The van der Waals surface area contributed by atoms with Crippen molar-refractivity contribution in [2.75, 3.05) is 0 Å². The van der Waals surface area contributed by atoms with E-state index in [-0.39, 0.29) is 24.1 Å². The number of rotatable bonds is 5. The van der Waals surface area contributed by atoms with Gasteiger partial charge in [-0.1, -0.05) is 6.07 Å². The highest BCUT2D eigenvalue weighted by Gasteiger charge is 2.31. The second-order valence-corrected chi connectivity index (χ2v) is 7.18. The number of hydrogen-bond donors (Lipinski definition) is 0. The van der Waals surface area contributed by atoms with Crippen molar-refractivity contribution in [3.63, 3.8) is 0 Å². The highest BCUT2D eigenvalue weighted by molar-refractivity contribution is 5.76. The molecule has 0 saturated heterocycles. The molecule has 7 nitrogen and oxygen atoms in total. The molecule has 3 aromatic rings. The van der Waals surface area contributed by atoms with E-state index in [0.717, 1.165) is 17.0 Å². The van der Waals surface area contributed by atoms with E-state index >= 15 is 0 Å². The standard InChI is InChI=1S/C20H23N5O2/c1-15(2)25-18-13-24(20(27)14-23-10-4-3-7-19(23)26)11-16(18)17(21-25)12-22-8-5-6-9-22/h3-10,15H,11-14H2,1-2H3. The molecule has 0 bridgehead atoms. The van der Waals surface area contributed by atoms with Gasteiger partial charge in [0.1, 0.15) is 6.54 Å². The molecule has 1 amide bonds. The fourth-order valence-corrected chi connectivity index (χ4v) is 3.55. The van der Waals surface area contributed by atoms with Crippen LogP contribution in [0.1, 0.15) is 36.8 Å². The van der Waals surface area contributed by atoms with Crippen LogP contribution in [0, 0.1) is 0 Å². The van der Waals surface area contributed by atoms with Gasteiger partial charge in [-0.15, -0.1) is 0 Å². The molecule has 3 aromatic heterocycles. The average molecular weight is 365 g/mol. The monoisotopic (exact) mass is 365 g/mol. The Labute approximate surface area is 157 Å². The molecule has 0 spiro atoms. The maximum Gasteiger partial charge on any atom is 0.250 e. The zero-order valence-corrected chi connectivity index (χ0v) is 15.6. The number of hydrogen-bond acceptors (Lipinski definition) is 3. The third-order valence-corrected chi connectivity index (χ3v) is 4.94. The molecule has 140 valence electrons. The van der Waals surface area contributed by atoms with Gasteiger partial charge in [-0.25, -0.2) is 0 Å². The molecule has 0 aliphatic carbocycles. The third-order valence-electron chi connectivity index (χ3n) is 4.94. The van der Waals surface area contributed by atoms with Crippen molar-refractivity contribution in [3.8, 4) is 0 Å². The van der Waals surface area contributed by atoms with Gasteiger partial charge in [-0.05, 0) is 32.0 Å². The molecular formula is C20H23N5O2. The van der Waals surface area contributed by atoms with Crippen LogP contribution in [0.25, 0.3) is 0 Å². The molecule has 0 N–H and O–H groups in total. The Hall–Kier alpha value is -3.09. The zero-order chi connectivity index (χ0) is 19.0. The number of amides is 1. The van der Waals surface area contributed by atoms with Gasteiger partial charge >= 0.3 is 0 Å². The summed E-state index contributed by atoms with van der Waals surface area (Å²) in [6.07, 6.45) is 5.68. The molecule has 0 unspecified atom stereocenters. The molecule has 4 rings (SSSR count). The minimum absolute atomic E-state index is 0.0540. The predicted octanol–water partition coefficient (Wildman–Crippen LogP) is 2.02. The van der Waals surface area contributed by atoms with Gasteiger partial charge in [0.05, 0.1) is 24.5 Å². The number of fused-ring (bicyclic) bond motifs is 1. The highest BCUT2D eigenvalue weighted by Crippen LogP contribution is 2.29. The molecule has 0 fully saturated rings. The van der Waals surface area contributed by atoms with Gasteiger partial charge in [0.15, 0.2) is 0 Å². The van der Waals surface area contributed by atoms with Gasteiger partial charge in [-0.2, -0.15) is 5.10 Å². The number of carbonyl (C=O) groups excluding carboxylic acids is 1.